The van der Waals surface area contributed by atoms with Crippen LogP contribution in [0.4, 0.5) is 0 Å². The zero-order chi connectivity index (χ0) is 20.4. The van der Waals surface area contributed by atoms with E-state index < -0.39 is 0 Å². The molecule has 0 N–H and O–H groups in total. The molecule has 160 valence electrons. The predicted octanol–water partition coefficient (Wildman–Crippen LogP) is 5.98. The summed E-state index contributed by atoms with van der Waals surface area (Å²) in [5.74, 6) is 1.42. The zero-order valence-electron chi connectivity index (χ0n) is 18.0. The van der Waals surface area contributed by atoms with Crippen molar-refractivity contribution >= 4 is 11.9 Å². The average Bonchev–Trinajstić information content (AvgIpc) is 2.69. The van der Waals surface area contributed by atoms with Gasteiger partial charge >= 0.3 is 11.9 Å². The molecule has 0 amide bonds. The van der Waals surface area contributed by atoms with Crippen LogP contribution in [0.1, 0.15) is 97.3 Å². The van der Waals surface area contributed by atoms with Crippen molar-refractivity contribution in [2.75, 3.05) is 6.61 Å². The fraction of sp³-hybridized carbons (Fsp3) is 0.833. The zero-order valence-corrected chi connectivity index (χ0v) is 18.0. The van der Waals surface area contributed by atoms with Crippen molar-refractivity contribution in [3.8, 4) is 0 Å². The Labute approximate surface area is 171 Å². The van der Waals surface area contributed by atoms with Crippen LogP contribution in [0.5, 0.6) is 0 Å². The molecule has 2 saturated carbocycles. The molecule has 0 aromatic heterocycles. The summed E-state index contributed by atoms with van der Waals surface area (Å²) in [6.07, 6.45) is 14.6. The highest BCUT2D eigenvalue weighted by Gasteiger charge is 2.30. The number of carbonyl (C=O) groups excluding carboxylic acids is 2. The van der Waals surface area contributed by atoms with E-state index in [-0.39, 0.29) is 24.0 Å². The van der Waals surface area contributed by atoms with Gasteiger partial charge in [0.2, 0.25) is 0 Å². The lowest BCUT2D eigenvalue weighted by atomic mass is 9.79. The van der Waals surface area contributed by atoms with Gasteiger partial charge in [-0.2, -0.15) is 0 Å². The van der Waals surface area contributed by atoms with Gasteiger partial charge in [-0.15, -0.1) is 0 Å². The van der Waals surface area contributed by atoms with Gasteiger partial charge in [-0.3, -0.25) is 4.79 Å². The molecule has 2 aliphatic rings. The standard InChI is InChI=1S/C24H40O4/c1-4-7-19-11-15-22(16-12-19)28-24(26)21-13-9-20(10-14-21)8-5-6-17-27-23(25)18(2)3/h19-22H,2,4-17H2,1,3H3/t19-,20-,21-,22-. The van der Waals surface area contributed by atoms with Gasteiger partial charge in [0.1, 0.15) is 6.10 Å². The molecule has 0 aromatic rings. The Morgan fingerprint density at radius 3 is 2.11 bits per heavy atom. The van der Waals surface area contributed by atoms with Crippen molar-refractivity contribution in [3.63, 3.8) is 0 Å². The topological polar surface area (TPSA) is 52.6 Å². The second kappa shape index (κ2) is 12.3. The largest absolute Gasteiger partial charge is 0.462 e. The Kier molecular flexibility index (Phi) is 10.1. The lowest BCUT2D eigenvalue weighted by molar-refractivity contribution is -0.157. The number of esters is 2. The first-order valence-corrected chi connectivity index (χ1v) is 11.5. The summed E-state index contributed by atoms with van der Waals surface area (Å²) in [6, 6.07) is 0. The molecule has 4 heteroatoms. The van der Waals surface area contributed by atoms with Crippen LogP contribution in [0.25, 0.3) is 0 Å². The van der Waals surface area contributed by atoms with E-state index >= 15 is 0 Å². The van der Waals surface area contributed by atoms with Crippen molar-refractivity contribution in [1.29, 1.82) is 0 Å². The Morgan fingerprint density at radius 2 is 1.50 bits per heavy atom. The Morgan fingerprint density at radius 1 is 0.893 bits per heavy atom. The summed E-state index contributed by atoms with van der Waals surface area (Å²) in [5.41, 5.74) is 0.458. The molecule has 0 spiro atoms. The van der Waals surface area contributed by atoms with Crippen molar-refractivity contribution < 1.29 is 19.1 Å². The highest BCUT2D eigenvalue weighted by atomic mass is 16.5. The SMILES string of the molecule is C=C(C)C(=O)OCCCC[C@H]1CC[C@H](C(=O)O[C@H]2CC[C@H](CCC)CC2)CC1. The highest BCUT2D eigenvalue weighted by Crippen LogP contribution is 2.34. The average molecular weight is 393 g/mol. The van der Waals surface area contributed by atoms with Gasteiger partial charge in [0.25, 0.3) is 0 Å². The molecule has 2 aliphatic carbocycles. The van der Waals surface area contributed by atoms with Crippen LogP contribution < -0.4 is 0 Å². The minimum atomic E-state index is -0.294. The maximum atomic E-state index is 12.5. The molecule has 4 nitrogen and oxygen atoms in total. The molecule has 0 aromatic carbocycles. The number of carbonyl (C=O) groups is 2. The smallest absolute Gasteiger partial charge is 0.333 e. The minimum absolute atomic E-state index is 0.0594. The van der Waals surface area contributed by atoms with Gasteiger partial charge in [-0.25, -0.2) is 4.79 Å². The first-order valence-electron chi connectivity index (χ1n) is 11.5. The van der Waals surface area contributed by atoms with Crippen LogP contribution in [-0.4, -0.2) is 24.6 Å². The summed E-state index contributed by atoms with van der Waals surface area (Å²) in [6.45, 7) is 7.98. The van der Waals surface area contributed by atoms with Crippen molar-refractivity contribution in [1.82, 2.24) is 0 Å². The summed E-state index contributed by atoms with van der Waals surface area (Å²) in [5, 5.41) is 0. The molecular weight excluding hydrogens is 352 g/mol. The Balaban J connectivity index is 1.54. The van der Waals surface area contributed by atoms with Crippen LogP contribution in [-0.2, 0) is 19.1 Å². The van der Waals surface area contributed by atoms with E-state index in [4.69, 9.17) is 9.47 Å². The van der Waals surface area contributed by atoms with Crippen molar-refractivity contribution in [2.24, 2.45) is 17.8 Å². The summed E-state index contributed by atoms with van der Waals surface area (Å²) >= 11 is 0. The van der Waals surface area contributed by atoms with Gasteiger partial charge in [-0.1, -0.05) is 32.8 Å². The van der Waals surface area contributed by atoms with E-state index in [2.05, 4.69) is 13.5 Å². The Bertz CT molecular complexity index is 497. The predicted molar refractivity (Wildman–Crippen MR) is 112 cm³/mol. The molecule has 0 bridgehead atoms. The molecule has 0 heterocycles. The number of unbranched alkanes of at least 4 members (excludes halogenated alkanes) is 1. The maximum absolute atomic E-state index is 12.5. The quantitative estimate of drug-likeness (QED) is 0.260. The number of ether oxygens (including phenoxy) is 2. The molecule has 0 aliphatic heterocycles. The summed E-state index contributed by atoms with van der Waals surface area (Å²) in [4.78, 5) is 23.9. The third-order valence-electron chi connectivity index (χ3n) is 6.54. The van der Waals surface area contributed by atoms with Crippen LogP contribution in [0.2, 0.25) is 0 Å². The molecule has 2 fully saturated rings. The van der Waals surface area contributed by atoms with Gasteiger partial charge in [0.15, 0.2) is 0 Å². The van der Waals surface area contributed by atoms with Crippen molar-refractivity contribution in [3.05, 3.63) is 12.2 Å². The van der Waals surface area contributed by atoms with Crippen LogP contribution in [0, 0.1) is 17.8 Å². The van der Waals surface area contributed by atoms with Gasteiger partial charge in [0.05, 0.1) is 12.5 Å². The third kappa shape index (κ3) is 7.97. The normalized spacial score (nSPS) is 27.8. The lowest BCUT2D eigenvalue weighted by Crippen LogP contribution is -2.30. The van der Waals surface area contributed by atoms with Crippen LogP contribution in [0.3, 0.4) is 0 Å². The third-order valence-corrected chi connectivity index (χ3v) is 6.54. The second-order valence-electron chi connectivity index (χ2n) is 9.00. The molecule has 28 heavy (non-hydrogen) atoms. The van der Waals surface area contributed by atoms with Gasteiger partial charge in [-0.05, 0) is 83.0 Å². The molecular formula is C24H40O4. The van der Waals surface area contributed by atoms with E-state index in [1.807, 2.05) is 0 Å². The lowest BCUT2D eigenvalue weighted by Gasteiger charge is -2.31. The van der Waals surface area contributed by atoms with E-state index in [9.17, 15) is 9.59 Å². The second-order valence-corrected chi connectivity index (χ2v) is 9.00. The van der Waals surface area contributed by atoms with Gasteiger partial charge in [0, 0.05) is 5.57 Å². The molecule has 2 rings (SSSR count). The summed E-state index contributed by atoms with van der Waals surface area (Å²) in [7, 11) is 0. The van der Waals surface area contributed by atoms with Gasteiger partial charge < -0.3 is 9.47 Å². The van der Waals surface area contributed by atoms with E-state index in [0.29, 0.717) is 18.1 Å². The van der Waals surface area contributed by atoms with Crippen molar-refractivity contribution in [2.45, 2.75) is 103 Å². The molecule has 0 radical (unpaired) electrons. The summed E-state index contributed by atoms with van der Waals surface area (Å²) < 4.78 is 11.0. The van der Waals surface area contributed by atoms with E-state index in [1.54, 1.807) is 6.92 Å². The molecule has 0 saturated heterocycles. The number of hydrogen-bond donors (Lipinski definition) is 0. The van der Waals surface area contributed by atoms with E-state index in [1.165, 1.54) is 25.7 Å². The first kappa shape index (κ1) is 23.0. The van der Waals surface area contributed by atoms with Crippen LogP contribution >= 0.6 is 0 Å². The molecule has 0 atom stereocenters. The number of hydrogen-bond acceptors (Lipinski definition) is 4. The fourth-order valence-corrected chi connectivity index (χ4v) is 4.72. The monoisotopic (exact) mass is 392 g/mol. The van der Waals surface area contributed by atoms with Crippen LogP contribution in [0.15, 0.2) is 12.2 Å². The van der Waals surface area contributed by atoms with E-state index in [0.717, 1.165) is 63.7 Å². The number of rotatable bonds is 10. The Hall–Kier alpha value is -1.32. The highest BCUT2D eigenvalue weighted by molar-refractivity contribution is 5.86. The maximum Gasteiger partial charge on any atom is 0.333 e. The fourth-order valence-electron chi connectivity index (χ4n) is 4.72. The first-order chi connectivity index (χ1) is 13.5. The molecule has 0 unspecified atom stereocenters. The minimum Gasteiger partial charge on any atom is -0.462 e.